The van der Waals surface area contributed by atoms with Crippen molar-refractivity contribution in [2.75, 3.05) is 47.1 Å². The molecule has 2 aliphatic rings. The molecule has 2 saturated heterocycles. The summed E-state index contributed by atoms with van der Waals surface area (Å²) in [5, 5.41) is 0. The molecule has 2 fully saturated rings. The summed E-state index contributed by atoms with van der Waals surface area (Å²) >= 11 is 0. The van der Waals surface area contributed by atoms with Gasteiger partial charge in [-0.05, 0) is 12.1 Å². The summed E-state index contributed by atoms with van der Waals surface area (Å²) in [5.41, 5.74) is -0.222. The van der Waals surface area contributed by atoms with E-state index in [1.54, 1.807) is 35.7 Å². The van der Waals surface area contributed by atoms with Crippen LogP contribution in [-0.4, -0.2) is 59.9 Å². The van der Waals surface area contributed by atoms with E-state index in [0.29, 0.717) is 38.7 Å². The largest absolute Gasteiger partial charge is 0.497 e. The maximum absolute atomic E-state index is 12.9. The minimum atomic E-state index is -3.53. The van der Waals surface area contributed by atoms with Gasteiger partial charge in [-0.15, -0.1) is 0 Å². The summed E-state index contributed by atoms with van der Waals surface area (Å²) in [6.45, 7) is 2.57. The van der Waals surface area contributed by atoms with Crippen LogP contribution in [-0.2, 0) is 19.5 Å². The number of benzene rings is 1. The highest BCUT2D eigenvalue weighted by Gasteiger charge is 2.53. The van der Waals surface area contributed by atoms with Gasteiger partial charge >= 0.3 is 0 Å². The van der Waals surface area contributed by atoms with Crippen LogP contribution in [0, 0.1) is 11.3 Å². The molecule has 3 rings (SSSR count). The van der Waals surface area contributed by atoms with E-state index in [4.69, 9.17) is 14.2 Å². The molecule has 0 unspecified atom stereocenters. The Morgan fingerprint density at radius 2 is 2.23 bits per heavy atom. The molecule has 2 atom stereocenters. The Morgan fingerprint density at radius 1 is 1.41 bits per heavy atom. The molecule has 0 N–H and O–H groups in total. The van der Waals surface area contributed by atoms with Crippen molar-refractivity contribution >= 4 is 10.0 Å². The highest BCUT2D eigenvalue weighted by molar-refractivity contribution is 7.89. The molecular weight excluding hydrogens is 306 g/mol. The summed E-state index contributed by atoms with van der Waals surface area (Å²) in [6, 6.07) is 6.59. The summed E-state index contributed by atoms with van der Waals surface area (Å²) < 4.78 is 43.3. The number of fused-ring (bicyclic) bond motifs is 1. The summed E-state index contributed by atoms with van der Waals surface area (Å²) in [6.07, 6.45) is 0. The molecule has 7 heteroatoms. The molecule has 0 radical (unpaired) electrons. The first-order chi connectivity index (χ1) is 10.5. The van der Waals surface area contributed by atoms with E-state index in [1.807, 2.05) is 0 Å². The number of sulfonamides is 1. The van der Waals surface area contributed by atoms with Crippen LogP contribution in [0.3, 0.4) is 0 Å². The predicted octanol–water partition coefficient (Wildman–Crippen LogP) is 0.979. The average molecular weight is 327 g/mol. The molecule has 0 spiro atoms. The van der Waals surface area contributed by atoms with Crippen molar-refractivity contribution in [1.29, 1.82) is 0 Å². The van der Waals surface area contributed by atoms with Crippen LogP contribution in [0.1, 0.15) is 0 Å². The first-order valence-electron chi connectivity index (χ1n) is 7.23. The van der Waals surface area contributed by atoms with E-state index < -0.39 is 10.0 Å². The zero-order valence-corrected chi connectivity index (χ0v) is 13.6. The average Bonchev–Trinajstić information content (AvgIpc) is 3.04. The molecule has 0 aromatic heterocycles. The fraction of sp³-hybridized carbons (Fsp3) is 0.600. The Hall–Kier alpha value is -1.15. The smallest absolute Gasteiger partial charge is 0.243 e. The molecule has 122 valence electrons. The Labute approximate surface area is 131 Å². The summed E-state index contributed by atoms with van der Waals surface area (Å²) in [7, 11) is -0.361. The molecule has 2 heterocycles. The normalized spacial score (nSPS) is 28.7. The first kappa shape index (κ1) is 15.7. The topological polar surface area (TPSA) is 65.1 Å². The Morgan fingerprint density at radius 3 is 2.95 bits per heavy atom. The molecular formula is C15H21NO5S. The van der Waals surface area contributed by atoms with Crippen molar-refractivity contribution in [1.82, 2.24) is 4.31 Å². The Kier molecular flexibility index (Phi) is 4.15. The lowest BCUT2D eigenvalue weighted by Gasteiger charge is -2.26. The van der Waals surface area contributed by atoms with Gasteiger partial charge in [-0.25, -0.2) is 8.42 Å². The van der Waals surface area contributed by atoms with Crippen LogP contribution in [0.25, 0.3) is 0 Å². The maximum Gasteiger partial charge on any atom is 0.243 e. The fourth-order valence-corrected chi connectivity index (χ4v) is 4.99. The zero-order valence-electron chi connectivity index (χ0n) is 12.8. The van der Waals surface area contributed by atoms with Gasteiger partial charge in [0.2, 0.25) is 10.0 Å². The highest BCUT2D eigenvalue weighted by atomic mass is 32.2. The Bertz CT molecular complexity index is 647. The first-order valence-corrected chi connectivity index (χ1v) is 8.67. The van der Waals surface area contributed by atoms with Crippen LogP contribution in [0.15, 0.2) is 29.2 Å². The van der Waals surface area contributed by atoms with Crippen LogP contribution < -0.4 is 4.74 Å². The SMILES string of the molecule is COC[C@]12COC[C@H]1CN(S(=O)(=O)c1cccc(OC)c1)C2. The minimum Gasteiger partial charge on any atom is -0.497 e. The molecule has 6 nitrogen and oxygen atoms in total. The number of hydrogen-bond donors (Lipinski definition) is 0. The third-order valence-electron chi connectivity index (χ3n) is 4.60. The second-order valence-corrected chi connectivity index (χ2v) is 7.92. The lowest BCUT2D eigenvalue weighted by Crippen LogP contribution is -2.37. The molecule has 2 aliphatic heterocycles. The van der Waals surface area contributed by atoms with E-state index in [9.17, 15) is 8.42 Å². The van der Waals surface area contributed by atoms with Crippen molar-refractivity contribution in [3.63, 3.8) is 0 Å². The second kappa shape index (κ2) is 5.81. The van der Waals surface area contributed by atoms with E-state index in [2.05, 4.69) is 0 Å². The van der Waals surface area contributed by atoms with Gasteiger partial charge in [-0.1, -0.05) is 6.07 Å². The van der Waals surface area contributed by atoms with Crippen molar-refractivity contribution in [2.24, 2.45) is 11.3 Å². The van der Waals surface area contributed by atoms with Gasteiger partial charge < -0.3 is 14.2 Å². The molecule has 1 aromatic carbocycles. The fourth-order valence-electron chi connectivity index (χ4n) is 3.37. The lowest BCUT2D eigenvalue weighted by atomic mass is 9.82. The van der Waals surface area contributed by atoms with Crippen molar-refractivity contribution in [3.8, 4) is 5.75 Å². The van der Waals surface area contributed by atoms with Gasteiger partial charge in [0.25, 0.3) is 0 Å². The third kappa shape index (κ3) is 2.52. The van der Waals surface area contributed by atoms with Crippen molar-refractivity contribution in [2.45, 2.75) is 4.90 Å². The number of nitrogens with zero attached hydrogens (tertiary/aromatic N) is 1. The van der Waals surface area contributed by atoms with Gasteiger partial charge in [0.05, 0.1) is 31.8 Å². The molecule has 1 aromatic rings. The van der Waals surface area contributed by atoms with Crippen LogP contribution in [0.2, 0.25) is 0 Å². The minimum absolute atomic E-state index is 0.188. The standard InChI is InChI=1S/C15H21NO5S/c1-19-10-15-9-16(7-12(15)8-21-11-15)22(17,18)14-5-3-4-13(6-14)20-2/h3-6,12H,7-11H2,1-2H3/t12-,15-/m1/s1. The third-order valence-corrected chi connectivity index (χ3v) is 6.41. The number of ether oxygens (including phenoxy) is 3. The molecule has 22 heavy (non-hydrogen) atoms. The van der Waals surface area contributed by atoms with E-state index in [0.717, 1.165) is 0 Å². The van der Waals surface area contributed by atoms with Gasteiger partial charge in [0, 0.05) is 37.6 Å². The van der Waals surface area contributed by atoms with Crippen LogP contribution >= 0.6 is 0 Å². The molecule has 0 saturated carbocycles. The van der Waals surface area contributed by atoms with Gasteiger partial charge in [-0.2, -0.15) is 4.31 Å². The highest BCUT2D eigenvalue weighted by Crippen LogP contribution is 2.43. The predicted molar refractivity (Wildman–Crippen MR) is 80.4 cm³/mol. The van der Waals surface area contributed by atoms with E-state index >= 15 is 0 Å². The Balaban J connectivity index is 1.88. The van der Waals surface area contributed by atoms with Crippen molar-refractivity contribution < 1.29 is 22.6 Å². The lowest BCUT2D eigenvalue weighted by molar-refractivity contribution is 0.0601. The summed E-state index contributed by atoms with van der Waals surface area (Å²) in [5.74, 6) is 0.725. The second-order valence-electron chi connectivity index (χ2n) is 5.98. The maximum atomic E-state index is 12.9. The van der Waals surface area contributed by atoms with Gasteiger partial charge in [0.15, 0.2) is 0 Å². The van der Waals surface area contributed by atoms with E-state index in [-0.39, 0.29) is 16.2 Å². The quantitative estimate of drug-likeness (QED) is 0.806. The van der Waals surface area contributed by atoms with Crippen LogP contribution in [0.5, 0.6) is 5.75 Å². The molecule has 0 bridgehead atoms. The van der Waals surface area contributed by atoms with Crippen LogP contribution in [0.4, 0.5) is 0 Å². The zero-order chi connectivity index (χ0) is 15.8. The number of rotatable bonds is 5. The number of hydrogen-bond acceptors (Lipinski definition) is 5. The molecule has 0 aliphatic carbocycles. The van der Waals surface area contributed by atoms with Crippen molar-refractivity contribution in [3.05, 3.63) is 24.3 Å². The van der Waals surface area contributed by atoms with Gasteiger partial charge in [0.1, 0.15) is 5.75 Å². The number of methoxy groups -OCH3 is 2. The summed E-state index contributed by atoms with van der Waals surface area (Å²) in [4.78, 5) is 0.264. The molecule has 0 amide bonds. The van der Waals surface area contributed by atoms with Gasteiger partial charge in [-0.3, -0.25) is 0 Å². The monoisotopic (exact) mass is 327 g/mol. The van der Waals surface area contributed by atoms with E-state index in [1.165, 1.54) is 7.11 Å².